The van der Waals surface area contributed by atoms with Gasteiger partial charge in [-0.2, -0.15) is 0 Å². The Labute approximate surface area is 117 Å². The maximum atomic E-state index is 11.6. The molecule has 0 aliphatic heterocycles. The van der Waals surface area contributed by atoms with E-state index in [0.29, 0.717) is 12.0 Å². The molecular formula is C14H19NO5. The third-order valence-corrected chi connectivity index (χ3v) is 3.10. The van der Waals surface area contributed by atoms with Crippen molar-refractivity contribution in [2.75, 3.05) is 0 Å². The summed E-state index contributed by atoms with van der Waals surface area (Å²) in [5.41, 5.74) is 0.641. The second-order valence-electron chi connectivity index (χ2n) is 4.81. The van der Waals surface area contributed by atoms with Crippen molar-refractivity contribution in [2.45, 2.75) is 38.6 Å². The number of phenols is 2. The number of carbonyl (C=O) groups excluding carboxylic acids is 1. The number of amides is 1. The monoisotopic (exact) mass is 281 g/mol. The van der Waals surface area contributed by atoms with Crippen LogP contribution in [0.15, 0.2) is 18.2 Å². The minimum absolute atomic E-state index is 0.0168. The van der Waals surface area contributed by atoms with Gasteiger partial charge in [-0.3, -0.25) is 9.59 Å². The van der Waals surface area contributed by atoms with Crippen LogP contribution in [0.2, 0.25) is 0 Å². The third-order valence-electron chi connectivity index (χ3n) is 3.10. The van der Waals surface area contributed by atoms with E-state index < -0.39 is 12.0 Å². The zero-order valence-corrected chi connectivity index (χ0v) is 11.5. The molecule has 0 aliphatic rings. The summed E-state index contributed by atoms with van der Waals surface area (Å²) < 4.78 is 0. The van der Waals surface area contributed by atoms with E-state index in [2.05, 4.69) is 5.32 Å². The van der Waals surface area contributed by atoms with Crippen molar-refractivity contribution in [3.63, 3.8) is 0 Å². The number of nitrogens with one attached hydrogen (secondary N) is 1. The summed E-state index contributed by atoms with van der Waals surface area (Å²) in [6.45, 7) is 3.25. The molecule has 0 aromatic heterocycles. The van der Waals surface area contributed by atoms with Gasteiger partial charge < -0.3 is 20.6 Å². The van der Waals surface area contributed by atoms with E-state index in [4.69, 9.17) is 5.11 Å². The highest BCUT2D eigenvalue weighted by molar-refractivity contribution is 5.83. The summed E-state index contributed by atoms with van der Waals surface area (Å²) >= 11 is 0. The van der Waals surface area contributed by atoms with Gasteiger partial charge in [0, 0.05) is 12.5 Å². The quantitative estimate of drug-likeness (QED) is 0.633. The number of hydrogen-bond donors (Lipinski definition) is 4. The lowest BCUT2D eigenvalue weighted by Crippen LogP contribution is -2.38. The first-order valence-electron chi connectivity index (χ1n) is 6.35. The number of carboxylic acid groups (broad SMARTS) is 1. The molecule has 0 radical (unpaired) electrons. The molecule has 0 aliphatic carbocycles. The Bertz CT molecular complexity index is 500. The fourth-order valence-electron chi connectivity index (χ4n) is 1.83. The minimum atomic E-state index is -1.08. The van der Waals surface area contributed by atoms with Crippen molar-refractivity contribution in [3.8, 4) is 11.5 Å². The van der Waals surface area contributed by atoms with Crippen LogP contribution in [0.4, 0.5) is 0 Å². The second kappa shape index (κ2) is 6.79. The Kier molecular flexibility index (Phi) is 5.37. The molecule has 1 aromatic carbocycles. The number of hydrogen-bond acceptors (Lipinski definition) is 4. The number of rotatable bonds is 6. The largest absolute Gasteiger partial charge is 0.508 e. The Morgan fingerprint density at radius 2 is 1.90 bits per heavy atom. The fourth-order valence-corrected chi connectivity index (χ4v) is 1.83. The zero-order chi connectivity index (χ0) is 15.3. The van der Waals surface area contributed by atoms with Gasteiger partial charge in [-0.15, -0.1) is 0 Å². The van der Waals surface area contributed by atoms with E-state index in [9.17, 15) is 19.8 Å². The molecule has 0 saturated heterocycles. The Hall–Kier alpha value is -2.24. The van der Waals surface area contributed by atoms with Crippen molar-refractivity contribution in [2.24, 2.45) is 0 Å². The van der Waals surface area contributed by atoms with Crippen LogP contribution in [0, 0.1) is 0 Å². The summed E-state index contributed by atoms with van der Waals surface area (Å²) in [7, 11) is 0. The SMILES string of the molecule is CC(CCC(=O)N[C@H](C)C(=O)O)c1ccc(O)cc1O. The first-order chi connectivity index (χ1) is 9.31. The van der Waals surface area contributed by atoms with Gasteiger partial charge in [-0.1, -0.05) is 13.0 Å². The van der Waals surface area contributed by atoms with Crippen molar-refractivity contribution in [1.82, 2.24) is 5.32 Å². The number of carboxylic acids is 1. The molecule has 2 atom stereocenters. The van der Waals surface area contributed by atoms with Gasteiger partial charge in [-0.05, 0) is 30.9 Å². The molecule has 0 heterocycles. The van der Waals surface area contributed by atoms with Gasteiger partial charge >= 0.3 is 5.97 Å². The fraction of sp³-hybridized carbons (Fsp3) is 0.429. The topological polar surface area (TPSA) is 107 Å². The Morgan fingerprint density at radius 1 is 1.25 bits per heavy atom. The zero-order valence-electron chi connectivity index (χ0n) is 11.5. The van der Waals surface area contributed by atoms with Crippen LogP contribution in [0.25, 0.3) is 0 Å². The van der Waals surface area contributed by atoms with Crippen molar-refractivity contribution >= 4 is 11.9 Å². The van der Waals surface area contributed by atoms with E-state index in [1.807, 2.05) is 6.92 Å². The maximum Gasteiger partial charge on any atom is 0.325 e. The van der Waals surface area contributed by atoms with Crippen LogP contribution in [0.1, 0.15) is 38.2 Å². The van der Waals surface area contributed by atoms with Crippen molar-refractivity contribution in [3.05, 3.63) is 23.8 Å². The molecule has 0 saturated carbocycles. The molecule has 0 spiro atoms. The number of carbonyl (C=O) groups is 2. The van der Waals surface area contributed by atoms with Crippen LogP contribution in [-0.2, 0) is 9.59 Å². The molecule has 4 N–H and O–H groups in total. The van der Waals surface area contributed by atoms with Gasteiger partial charge in [0.2, 0.25) is 5.91 Å². The molecule has 6 nitrogen and oxygen atoms in total. The Balaban J connectivity index is 2.52. The normalized spacial score (nSPS) is 13.5. The minimum Gasteiger partial charge on any atom is -0.508 e. The third kappa shape index (κ3) is 4.46. The first kappa shape index (κ1) is 15.8. The van der Waals surface area contributed by atoms with Gasteiger partial charge in [-0.25, -0.2) is 0 Å². The van der Waals surface area contributed by atoms with E-state index in [-0.39, 0.29) is 29.7 Å². The van der Waals surface area contributed by atoms with Crippen LogP contribution >= 0.6 is 0 Å². The van der Waals surface area contributed by atoms with Crippen molar-refractivity contribution < 1.29 is 24.9 Å². The molecular weight excluding hydrogens is 262 g/mol. The predicted octanol–water partition coefficient (Wildman–Crippen LogP) is 1.57. The molecule has 1 rings (SSSR count). The number of aromatic hydroxyl groups is 2. The van der Waals surface area contributed by atoms with Crippen LogP contribution in [0.3, 0.4) is 0 Å². The number of aliphatic carboxylic acids is 1. The van der Waals surface area contributed by atoms with Crippen LogP contribution < -0.4 is 5.32 Å². The lowest BCUT2D eigenvalue weighted by molar-refractivity contribution is -0.141. The molecule has 1 aromatic rings. The van der Waals surface area contributed by atoms with Crippen LogP contribution in [-0.4, -0.2) is 33.2 Å². The lowest BCUT2D eigenvalue weighted by Gasteiger charge is -2.14. The standard InChI is InChI=1S/C14H19NO5/c1-8(11-5-4-10(16)7-12(11)17)3-6-13(18)15-9(2)14(19)20/h4-5,7-9,16-17H,3,6H2,1-2H3,(H,15,18)(H,19,20)/t8?,9-/m1/s1. The van der Waals surface area contributed by atoms with E-state index in [0.717, 1.165) is 0 Å². The van der Waals surface area contributed by atoms with Crippen LogP contribution in [0.5, 0.6) is 11.5 Å². The molecule has 20 heavy (non-hydrogen) atoms. The summed E-state index contributed by atoms with van der Waals surface area (Å²) in [6, 6.07) is 3.41. The van der Waals surface area contributed by atoms with Gasteiger partial charge in [0.25, 0.3) is 0 Å². The van der Waals surface area contributed by atoms with Gasteiger partial charge in [0.15, 0.2) is 0 Å². The summed E-state index contributed by atoms with van der Waals surface area (Å²) in [6.07, 6.45) is 0.635. The molecule has 110 valence electrons. The molecule has 0 bridgehead atoms. The summed E-state index contributed by atoms with van der Waals surface area (Å²) in [4.78, 5) is 22.2. The van der Waals surface area contributed by atoms with E-state index >= 15 is 0 Å². The highest BCUT2D eigenvalue weighted by Gasteiger charge is 2.16. The Morgan fingerprint density at radius 3 is 2.45 bits per heavy atom. The molecule has 1 amide bonds. The summed E-state index contributed by atoms with van der Waals surface area (Å²) in [5, 5.41) is 30.0. The maximum absolute atomic E-state index is 11.6. The molecule has 6 heteroatoms. The molecule has 1 unspecified atom stereocenters. The van der Waals surface area contributed by atoms with Gasteiger partial charge in [0.1, 0.15) is 17.5 Å². The molecule has 0 fully saturated rings. The highest BCUT2D eigenvalue weighted by atomic mass is 16.4. The van der Waals surface area contributed by atoms with Crippen molar-refractivity contribution in [1.29, 1.82) is 0 Å². The van der Waals surface area contributed by atoms with E-state index in [1.165, 1.54) is 19.1 Å². The lowest BCUT2D eigenvalue weighted by atomic mass is 9.95. The average Bonchev–Trinajstić information content (AvgIpc) is 2.35. The first-order valence-corrected chi connectivity index (χ1v) is 6.35. The average molecular weight is 281 g/mol. The highest BCUT2D eigenvalue weighted by Crippen LogP contribution is 2.31. The predicted molar refractivity (Wildman–Crippen MR) is 72.7 cm³/mol. The second-order valence-corrected chi connectivity index (χ2v) is 4.81. The van der Waals surface area contributed by atoms with Gasteiger partial charge in [0.05, 0.1) is 0 Å². The van der Waals surface area contributed by atoms with E-state index in [1.54, 1.807) is 6.07 Å². The number of phenolic OH excluding ortho intramolecular Hbond substituents is 2. The summed E-state index contributed by atoms with van der Waals surface area (Å²) in [5.74, 6) is -1.54. The smallest absolute Gasteiger partial charge is 0.325 e. The number of benzene rings is 1.